The number of hydrogen-bond acceptors (Lipinski definition) is 2. The monoisotopic (exact) mass is 197 g/mol. The van der Waals surface area contributed by atoms with Crippen molar-refractivity contribution in [1.82, 2.24) is 0 Å². The van der Waals surface area contributed by atoms with Crippen molar-refractivity contribution < 1.29 is 5.32 Å². The molecule has 2 unspecified atom stereocenters. The number of thiophene rings is 1. The van der Waals surface area contributed by atoms with Gasteiger partial charge in [0.2, 0.25) is 0 Å². The summed E-state index contributed by atoms with van der Waals surface area (Å²) in [4.78, 5) is 0. The Hall–Kier alpha value is -0.380. The van der Waals surface area contributed by atoms with E-state index in [-0.39, 0.29) is 0 Å². The molecule has 1 aliphatic heterocycles. The van der Waals surface area contributed by atoms with E-state index in [0.717, 1.165) is 6.54 Å². The molecule has 1 saturated heterocycles. The second-order valence-corrected chi connectivity index (χ2v) is 4.54. The lowest BCUT2D eigenvalue weighted by atomic mass is 9.83. The normalized spacial score (nSPS) is 29.0. The van der Waals surface area contributed by atoms with Gasteiger partial charge in [0.25, 0.3) is 0 Å². The quantitative estimate of drug-likeness (QED) is 0.707. The molecule has 0 spiro atoms. The Morgan fingerprint density at radius 1 is 1.62 bits per heavy atom. The van der Waals surface area contributed by atoms with Crippen molar-refractivity contribution in [2.75, 3.05) is 19.6 Å². The van der Waals surface area contributed by atoms with Crippen LogP contribution in [0.1, 0.15) is 17.9 Å². The van der Waals surface area contributed by atoms with Crippen molar-refractivity contribution in [2.45, 2.75) is 12.3 Å². The van der Waals surface area contributed by atoms with Crippen LogP contribution in [0.5, 0.6) is 0 Å². The minimum absolute atomic E-state index is 0.699. The molecule has 72 valence electrons. The zero-order valence-corrected chi connectivity index (χ0v) is 8.59. The van der Waals surface area contributed by atoms with Gasteiger partial charge in [-0.15, -0.1) is 0 Å². The molecule has 0 amide bonds. The number of rotatable bonds is 2. The van der Waals surface area contributed by atoms with E-state index in [9.17, 15) is 0 Å². The molecule has 1 aliphatic rings. The summed E-state index contributed by atoms with van der Waals surface area (Å²) in [5.74, 6) is 1.41. The van der Waals surface area contributed by atoms with Crippen LogP contribution in [-0.4, -0.2) is 19.6 Å². The fraction of sp³-hybridized carbons (Fsp3) is 0.600. The Balaban J connectivity index is 2.11. The summed E-state index contributed by atoms with van der Waals surface area (Å²) in [6, 6.07) is 2.25. The molecular formula is C10H17N2S+. The molecule has 0 aliphatic carbocycles. The molecule has 3 heteroatoms. The zero-order chi connectivity index (χ0) is 9.10. The van der Waals surface area contributed by atoms with Crippen LogP contribution in [0.3, 0.4) is 0 Å². The molecule has 2 heterocycles. The number of hydrogen-bond donors (Lipinski definition) is 2. The lowest BCUT2D eigenvalue weighted by Gasteiger charge is -2.28. The topological polar surface area (TPSA) is 42.6 Å². The van der Waals surface area contributed by atoms with E-state index >= 15 is 0 Å². The largest absolute Gasteiger partial charge is 0.346 e. The van der Waals surface area contributed by atoms with Gasteiger partial charge in [0.1, 0.15) is 0 Å². The van der Waals surface area contributed by atoms with E-state index in [0.29, 0.717) is 11.8 Å². The van der Waals surface area contributed by atoms with Gasteiger partial charge in [-0.25, -0.2) is 0 Å². The Morgan fingerprint density at radius 3 is 3.23 bits per heavy atom. The van der Waals surface area contributed by atoms with Crippen LogP contribution in [0.25, 0.3) is 0 Å². The minimum atomic E-state index is 0.699. The van der Waals surface area contributed by atoms with E-state index in [2.05, 4.69) is 22.1 Å². The number of piperidine rings is 1. The average Bonchev–Trinajstić information content (AvgIpc) is 2.70. The maximum absolute atomic E-state index is 5.79. The lowest BCUT2D eigenvalue weighted by Crippen LogP contribution is -2.87. The van der Waals surface area contributed by atoms with E-state index in [1.54, 1.807) is 11.3 Å². The molecule has 0 radical (unpaired) electrons. The average molecular weight is 197 g/mol. The second-order valence-electron chi connectivity index (χ2n) is 3.76. The van der Waals surface area contributed by atoms with Crippen LogP contribution in [0.15, 0.2) is 16.8 Å². The Labute approximate surface area is 83.1 Å². The Bertz CT molecular complexity index is 245. The molecular weight excluding hydrogens is 180 g/mol. The van der Waals surface area contributed by atoms with E-state index < -0.39 is 0 Å². The first kappa shape index (κ1) is 9.19. The van der Waals surface area contributed by atoms with Gasteiger partial charge in [-0.05, 0) is 34.9 Å². The van der Waals surface area contributed by atoms with Gasteiger partial charge >= 0.3 is 0 Å². The van der Waals surface area contributed by atoms with Gasteiger partial charge in [-0.1, -0.05) is 0 Å². The molecule has 1 fully saturated rings. The second kappa shape index (κ2) is 4.22. The third-order valence-electron chi connectivity index (χ3n) is 3.01. The van der Waals surface area contributed by atoms with E-state index in [1.807, 2.05) is 0 Å². The molecule has 2 nitrogen and oxygen atoms in total. The van der Waals surface area contributed by atoms with Gasteiger partial charge < -0.3 is 11.1 Å². The van der Waals surface area contributed by atoms with Crippen molar-refractivity contribution in [2.24, 2.45) is 11.7 Å². The standard InChI is InChI=1S/C10H16N2S/c11-5-8-1-3-12-6-10(8)9-2-4-13-7-9/h2,4,7-8,10,12H,1,3,5-6,11H2/p+1. The molecule has 0 bridgehead atoms. The Kier molecular flexibility index (Phi) is 2.98. The third kappa shape index (κ3) is 1.93. The van der Waals surface area contributed by atoms with Crippen molar-refractivity contribution >= 4 is 11.3 Å². The lowest BCUT2D eigenvalue weighted by molar-refractivity contribution is -0.667. The van der Waals surface area contributed by atoms with Crippen LogP contribution in [-0.2, 0) is 0 Å². The summed E-state index contributed by atoms with van der Waals surface area (Å²) in [5.41, 5.74) is 7.29. The SMILES string of the molecule is NCC1CC[NH2+]CC1c1ccsc1. The van der Waals surface area contributed by atoms with Crippen LogP contribution in [0.4, 0.5) is 0 Å². The van der Waals surface area contributed by atoms with Gasteiger partial charge in [0.15, 0.2) is 0 Å². The van der Waals surface area contributed by atoms with Crippen LogP contribution < -0.4 is 11.1 Å². The summed E-state index contributed by atoms with van der Waals surface area (Å²) in [6.45, 7) is 3.31. The first-order valence-corrected chi connectivity index (χ1v) is 5.90. The van der Waals surface area contributed by atoms with Gasteiger partial charge in [-0.2, -0.15) is 11.3 Å². The molecule has 4 N–H and O–H groups in total. The summed E-state index contributed by atoms with van der Waals surface area (Å²) in [6.07, 6.45) is 1.27. The third-order valence-corrected chi connectivity index (χ3v) is 3.71. The van der Waals surface area contributed by atoms with Gasteiger partial charge in [0.05, 0.1) is 13.1 Å². The molecule has 0 saturated carbocycles. The van der Waals surface area contributed by atoms with Crippen molar-refractivity contribution in [1.29, 1.82) is 0 Å². The summed E-state index contributed by atoms with van der Waals surface area (Å²) in [5, 5.41) is 6.85. The summed E-state index contributed by atoms with van der Waals surface area (Å²) >= 11 is 1.79. The molecule has 1 aromatic rings. The van der Waals surface area contributed by atoms with E-state index in [1.165, 1.54) is 25.1 Å². The Morgan fingerprint density at radius 2 is 2.54 bits per heavy atom. The van der Waals surface area contributed by atoms with Crippen LogP contribution in [0, 0.1) is 5.92 Å². The highest BCUT2D eigenvalue weighted by atomic mass is 32.1. The molecule has 0 aromatic carbocycles. The van der Waals surface area contributed by atoms with Crippen molar-refractivity contribution in [3.05, 3.63) is 22.4 Å². The highest BCUT2D eigenvalue weighted by Crippen LogP contribution is 2.27. The van der Waals surface area contributed by atoms with Crippen molar-refractivity contribution in [3.8, 4) is 0 Å². The van der Waals surface area contributed by atoms with Gasteiger partial charge in [-0.3, -0.25) is 0 Å². The molecule has 2 atom stereocenters. The fourth-order valence-corrected chi connectivity index (χ4v) is 2.92. The summed E-state index contributed by atoms with van der Waals surface area (Å²) in [7, 11) is 0. The highest BCUT2D eigenvalue weighted by molar-refractivity contribution is 7.07. The predicted molar refractivity (Wildman–Crippen MR) is 55.9 cm³/mol. The van der Waals surface area contributed by atoms with Crippen LogP contribution in [0.2, 0.25) is 0 Å². The maximum Gasteiger partial charge on any atom is 0.0828 e. The smallest absolute Gasteiger partial charge is 0.0828 e. The van der Waals surface area contributed by atoms with E-state index in [4.69, 9.17) is 5.73 Å². The highest BCUT2D eigenvalue weighted by Gasteiger charge is 2.27. The first-order chi connectivity index (χ1) is 6.42. The predicted octanol–water partition coefficient (Wildman–Crippen LogP) is 0.374. The number of quaternary nitrogens is 1. The molecule has 1 aromatic heterocycles. The molecule has 13 heavy (non-hydrogen) atoms. The van der Waals surface area contributed by atoms with Crippen LogP contribution >= 0.6 is 11.3 Å². The fourth-order valence-electron chi connectivity index (χ4n) is 2.20. The summed E-state index contributed by atoms with van der Waals surface area (Å²) < 4.78 is 0. The first-order valence-electron chi connectivity index (χ1n) is 4.95. The molecule has 2 rings (SSSR count). The maximum atomic E-state index is 5.79. The van der Waals surface area contributed by atoms with Crippen molar-refractivity contribution in [3.63, 3.8) is 0 Å². The minimum Gasteiger partial charge on any atom is -0.346 e. The zero-order valence-electron chi connectivity index (χ0n) is 7.78. The number of nitrogens with two attached hydrogens (primary N) is 2. The van der Waals surface area contributed by atoms with Gasteiger partial charge in [0, 0.05) is 12.3 Å².